The van der Waals surface area contributed by atoms with Crippen molar-refractivity contribution in [3.63, 3.8) is 0 Å². The van der Waals surface area contributed by atoms with Gasteiger partial charge in [0.15, 0.2) is 0 Å². The lowest BCUT2D eigenvalue weighted by molar-refractivity contribution is 0.411. The second-order valence-corrected chi connectivity index (χ2v) is 5.20. The molecule has 1 N–H and O–H groups in total. The van der Waals surface area contributed by atoms with Gasteiger partial charge in [0, 0.05) is 6.20 Å². The van der Waals surface area contributed by atoms with E-state index < -0.39 is 0 Å². The Kier molecular flexibility index (Phi) is 4.91. The number of hydrogen-bond donors (Lipinski definition) is 1. The molecule has 1 aromatic carbocycles. The molecule has 0 amide bonds. The third-order valence-corrected chi connectivity index (χ3v) is 3.60. The van der Waals surface area contributed by atoms with Crippen LogP contribution in [0.25, 0.3) is 0 Å². The Morgan fingerprint density at radius 1 is 1.19 bits per heavy atom. The molecule has 1 heterocycles. The van der Waals surface area contributed by atoms with Crippen LogP contribution in [0.2, 0.25) is 0 Å². The van der Waals surface area contributed by atoms with Crippen LogP contribution in [-0.2, 0) is 0 Å². The molecule has 0 fully saturated rings. The van der Waals surface area contributed by atoms with Gasteiger partial charge in [0.1, 0.15) is 11.6 Å². The SMILES string of the molecule is CCNC(c1ccnc(C)n1)c1cc(C)c(OC)cc1C. The van der Waals surface area contributed by atoms with E-state index in [0.29, 0.717) is 0 Å². The fraction of sp³-hybridized carbons (Fsp3) is 0.412. The van der Waals surface area contributed by atoms with E-state index in [0.717, 1.165) is 29.4 Å². The van der Waals surface area contributed by atoms with Crippen molar-refractivity contribution < 1.29 is 4.74 Å². The molecule has 2 aromatic rings. The molecule has 0 spiro atoms. The number of aryl methyl sites for hydroxylation is 3. The normalized spacial score (nSPS) is 12.2. The first-order chi connectivity index (χ1) is 10.1. The number of ether oxygens (including phenoxy) is 1. The molecule has 1 unspecified atom stereocenters. The summed E-state index contributed by atoms with van der Waals surface area (Å²) < 4.78 is 5.40. The molecule has 0 bridgehead atoms. The van der Waals surface area contributed by atoms with Gasteiger partial charge in [-0.3, -0.25) is 0 Å². The van der Waals surface area contributed by atoms with E-state index in [2.05, 4.69) is 48.2 Å². The summed E-state index contributed by atoms with van der Waals surface area (Å²) in [5.74, 6) is 1.71. The van der Waals surface area contributed by atoms with Gasteiger partial charge < -0.3 is 10.1 Å². The summed E-state index contributed by atoms with van der Waals surface area (Å²) in [6.45, 7) is 9.06. The van der Waals surface area contributed by atoms with Gasteiger partial charge in [-0.2, -0.15) is 0 Å². The Morgan fingerprint density at radius 2 is 1.95 bits per heavy atom. The lowest BCUT2D eigenvalue weighted by Crippen LogP contribution is -2.24. The molecule has 112 valence electrons. The number of rotatable bonds is 5. The first-order valence-electron chi connectivity index (χ1n) is 7.24. The predicted octanol–water partition coefficient (Wildman–Crippen LogP) is 3.11. The molecule has 0 radical (unpaired) electrons. The Labute approximate surface area is 126 Å². The number of hydrogen-bond acceptors (Lipinski definition) is 4. The minimum Gasteiger partial charge on any atom is -0.496 e. The molecule has 0 saturated heterocycles. The van der Waals surface area contributed by atoms with Gasteiger partial charge in [0.25, 0.3) is 0 Å². The van der Waals surface area contributed by atoms with Crippen LogP contribution in [0.4, 0.5) is 0 Å². The van der Waals surface area contributed by atoms with E-state index in [1.807, 2.05) is 19.2 Å². The van der Waals surface area contributed by atoms with Crippen molar-refractivity contribution in [3.05, 3.63) is 52.6 Å². The standard InChI is InChI=1S/C17H23N3O/c1-6-18-17(15-7-8-19-13(4)20-15)14-9-12(3)16(21-5)10-11(14)2/h7-10,17-18H,6H2,1-5H3. The number of nitrogens with one attached hydrogen (secondary N) is 1. The predicted molar refractivity (Wildman–Crippen MR) is 84.8 cm³/mol. The van der Waals surface area contributed by atoms with Crippen molar-refractivity contribution in [2.75, 3.05) is 13.7 Å². The third kappa shape index (κ3) is 3.39. The Balaban J connectivity index is 2.50. The molecule has 2 rings (SSSR count). The smallest absolute Gasteiger partial charge is 0.125 e. The lowest BCUT2D eigenvalue weighted by Gasteiger charge is -2.21. The zero-order valence-corrected chi connectivity index (χ0v) is 13.4. The highest BCUT2D eigenvalue weighted by molar-refractivity contribution is 5.44. The van der Waals surface area contributed by atoms with Gasteiger partial charge >= 0.3 is 0 Å². The summed E-state index contributed by atoms with van der Waals surface area (Å²) >= 11 is 0. The van der Waals surface area contributed by atoms with Crippen molar-refractivity contribution in [2.24, 2.45) is 0 Å². The van der Waals surface area contributed by atoms with E-state index in [1.165, 1.54) is 11.1 Å². The average molecular weight is 285 g/mol. The van der Waals surface area contributed by atoms with Crippen molar-refractivity contribution in [1.82, 2.24) is 15.3 Å². The van der Waals surface area contributed by atoms with Crippen LogP contribution in [0, 0.1) is 20.8 Å². The largest absolute Gasteiger partial charge is 0.496 e. The maximum Gasteiger partial charge on any atom is 0.125 e. The molecule has 4 nitrogen and oxygen atoms in total. The highest BCUT2D eigenvalue weighted by Crippen LogP contribution is 2.29. The van der Waals surface area contributed by atoms with Crippen LogP contribution in [0.1, 0.15) is 41.2 Å². The molecule has 4 heteroatoms. The highest BCUT2D eigenvalue weighted by Gasteiger charge is 2.18. The van der Waals surface area contributed by atoms with Gasteiger partial charge in [-0.15, -0.1) is 0 Å². The Bertz CT molecular complexity index is 625. The van der Waals surface area contributed by atoms with Gasteiger partial charge in [-0.25, -0.2) is 9.97 Å². The van der Waals surface area contributed by atoms with Crippen molar-refractivity contribution >= 4 is 0 Å². The fourth-order valence-corrected chi connectivity index (χ4v) is 2.56. The number of aromatic nitrogens is 2. The molecule has 0 aliphatic heterocycles. The molecular weight excluding hydrogens is 262 g/mol. The van der Waals surface area contributed by atoms with Crippen LogP contribution in [-0.4, -0.2) is 23.6 Å². The topological polar surface area (TPSA) is 47.0 Å². The first-order valence-corrected chi connectivity index (χ1v) is 7.24. The van der Waals surface area contributed by atoms with Crippen LogP contribution in [0.15, 0.2) is 24.4 Å². The molecule has 21 heavy (non-hydrogen) atoms. The zero-order valence-electron chi connectivity index (χ0n) is 13.4. The molecule has 0 aliphatic rings. The molecule has 1 atom stereocenters. The van der Waals surface area contributed by atoms with E-state index >= 15 is 0 Å². The zero-order chi connectivity index (χ0) is 15.4. The second-order valence-electron chi connectivity index (χ2n) is 5.20. The first kappa shape index (κ1) is 15.4. The summed E-state index contributed by atoms with van der Waals surface area (Å²) in [6, 6.07) is 6.31. The molecule has 0 aliphatic carbocycles. The van der Waals surface area contributed by atoms with Gasteiger partial charge in [0.2, 0.25) is 0 Å². The average Bonchev–Trinajstić information content (AvgIpc) is 2.47. The van der Waals surface area contributed by atoms with E-state index in [9.17, 15) is 0 Å². The van der Waals surface area contributed by atoms with Crippen molar-refractivity contribution in [1.29, 1.82) is 0 Å². The number of methoxy groups -OCH3 is 1. The number of benzene rings is 1. The maximum absolute atomic E-state index is 5.40. The van der Waals surface area contributed by atoms with Crippen LogP contribution in [0.3, 0.4) is 0 Å². The summed E-state index contributed by atoms with van der Waals surface area (Å²) in [5.41, 5.74) is 4.55. The van der Waals surface area contributed by atoms with Gasteiger partial charge in [-0.05, 0) is 56.1 Å². The van der Waals surface area contributed by atoms with Gasteiger partial charge in [-0.1, -0.05) is 13.0 Å². The van der Waals surface area contributed by atoms with Crippen LogP contribution < -0.4 is 10.1 Å². The fourth-order valence-electron chi connectivity index (χ4n) is 2.56. The summed E-state index contributed by atoms with van der Waals surface area (Å²) in [4.78, 5) is 8.76. The second kappa shape index (κ2) is 6.68. The minimum atomic E-state index is 0.0707. The number of nitrogens with zero attached hydrogens (tertiary/aromatic N) is 2. The lowest BCUT2D eigenvalue weighted by atomic mass is 9.95. The van der Waals surface area contributed by atoms with Crippen LogP contribution >= 0.6 is 0 Å². The Morgan fingerprint density at radius 3 is 2.57 bits per heavy atom. The van der Waals surface area contributed by atoms with Crippen molar-refractivity contribution in [2.45, 2.75) is 33.7 Å². The molecule has 0 saturated carbocycles. The minimum absolute atomic E-state index is 0.0707. The van der Waals surface area contributed by atoms with Gasteiger partial charge in [0.05, 0.1) is 18.8 Å². The summed E-state index contributed by atoms with van der Waals surface area (Å²) in [7, 11) is 1.71. The van der Waals surface area contributed by atoms with Crippen molar-refractivity contribution in [3.8, 4) is 5.75 Å². The monoisotopic (exact) mass is 285 g/mol. The molecular formula is C17H23N3O. The molecule has 1 aromatic heterocycles. The van der Waals surface area contributed by atoms with Crippen LogP contribution in [0.5, 0.6) is 5.75 Å². The summed E-state index contributed by atoms with van der Waals surface area (Å²) in [5, 5.41) is 3.52. The highest BCUT2D eigenvalue weighted by atomic mass is 16.5. The quantitative estimate of drug-likeness (QED) is 0.917. The van der Waals surface area contributed by atoms with E-state index in [1.54, 1.807) is 7.11 Å². The van der Waals surface area contributed by atoms with E-state index in [-0.39, 0.29) is 6.04 Å². The summed E-state index contributed by atoms with van der Waals surface area (Å²) in [6.07, 6.45) is 1.81. The maximum atomic E-state index is 5.40. The Hall–Kier alpha value is -1.94. The van der Waals surface area contributed by atoms with E-state index in [4.69, 9.17) is 4.74 Å². The third-order valence-electron chi connectivity index (χ3n) is 3.60.